The van der Waals surface area contributed by atoms with Crippen LogP contribution in [0.25, 0.3) is 0 Å². The molecule has 112 valence electrons. The van der Waals surface area contributed by atoms with E-state index < -0.39 is 10.8 Å². The molecule has 0 fully saturated rings. The molecule has 21 heavy (non-hydrogen) atoms. The number of anilines is 1. The summed E-state index contributed by atoms with van der Waals surface area (Å²) in [4.78, 5) is 4.88. The van der Waals surface area contributed by atoms with E-state index in [0.717, 1.165) is 22.6 Å². The molecule has 6 heteroatoms. The lowest BCUT2D eigenvalue weighted by atomic mass is 10.1. The summed E-state index contributed by atoms with van der Waals surface area (Å²) in [5.41, 5.74) is 8.84. The normalized spacial score (nSPS) is 12.2. The van der Waals surface area contributed by atoms with Gasteiger partial charge in [0.2, 0.25) is 0 Å². The SMILES string of the molecule is COc1c(C)cnc(CS(=O)c2cc(N)ccc2Cl)c1C. The molecule has 0 bridgehead atoms. The van der Waals surface area contributed by atoms with E-state index in [0.29, 0.717) is 15.6 Å². The van der Waals surface area contributed by atoms with E-state index in [-0.39, 0.29) is 5.75 Å². The molecule has 0 aliphatic carbocycles. The zero-order valence-corrected chi connectivity index (χ0v) is 13.7. The van der Waals surface area contributed by atoms with Gasteiger partial charge in [0.15, 0.2) is 0 Å². The van der Waals surface area contributed by atoms with Crippen LogP contribution in [-0.2, 0) is 16.6 Å². The summed E-state index contributed by atoms with van der Waals surface area (Å²) in [6.45, 7) is 3.83. The lowest BCUT2D eigenvalue weighted by Gasteiger charge is -2.12. The Bertz CT molecular complexity index is 704. The quantitative estimate of drug-likeness (QED) is 0.877. The minimum atomic E-state index is -1.31. The molecule has 1 heterocycles. The van der Waals surface area contributed by atoms with Crippen molar-refractivity contribution in [1.29, 1.82) is 0 Å². The lowest BCUT2D eigenvalue weighted by molar-refractivity contribution is 0.407. The second kappa shape index (κ2) is 6.45. The average Bonchev–Trinajstić information content (AvgIpc) is 2.45. The first-order valence-corrected chi connectivity index (χ1v) is 8.06. The lowest BCUT2D eigenvalue weighted by Crippen LogP contribution is -2.05. The first-order chi connectivity index (χ1) is 9.93. The number of benzene rings is 1. The molecule has 4 nitrogen and oxygen atoms in total. The number of rotatable bonds is 4. The van der Waals surface area contributed by atoms with E-state index in [2.05, 4.69) is 4.98 Å². The van der Waals surface area contributed by atoms with Crippen LogP contribution < -0.4 is 10.5 Å². The largest absolute Gasteiger partial charge is 0.496 e. The molecule has 0 aliphatic rings. The maximum Gasteiger partial charge on any atom is 0.128 e. The Morgan fingerprint density at radius 3 is 2.76 bits per heavy atom. The van der Waals surface area contributed by atoms with Crippen molar-refractivity contribution in [3.63, 3.8) is 0 Å². The van der Waals surface area contributed by atoms with Crippen molar-refractivity contribution in [3.8, 4) is 5.75 Å². The molecule has 2 rings (SSSR count). The van der Waals surface area contributed by atoms with Crippen LogP contribution in [0.15, 0.2) is 29.3 Å². The van der Waals surface area contributed by atoms with Crippen molar-refractivity contribution in [2.45, 2.75) is 24.5 Å². The number of hydrogen-bond donors (Lipinski definition) is 1. The number of nitrogen functional groups attached to an aromatic ring is 1. The highest BCUT2D eigenvalue weighted by Crippen LogP contribution is 2.28. The molecular weight excluding hydrogens is 308 g/mol. The van der Waals surface area contributed by atoms with Gasteiger partial charge in [0.05, 0.1) is 39.3 Å². The van der Waals surface area contributed by atoms with E-state index in [4.69, 9.17) is 22.1 Å². The van der Waals surface area contributed by atoms with Crippen LogP contribution in [0.2, 0.25) is 5.02 Å². The van der Waals surface area contributed by atoms with E-state index in [1.165, 1.54) is 0 Å². The highest BCUT2D eigenvalue weighted by molar-refractivity contribution is 7.84. The molecule has 2 aromatic rings. The van der Waals surface area contributed by atoms with Gasteiger partial charge < -0.3 is 10.5 Å². The van der Waals surface area contributed by atoms with Gasteiger partial charge in [-0.1, -0.05) is 11.6 Å². The molecule has 1 atom stereocenters. The highest BCUT2D eigenvalue weighted by atomic mass is 35.5. The summed E-state index contributed by atoms with van der Waals surface area (Å²) in [5, 5.41) is 0.444. The van der Waals surface area contributed by atoms with Crippen molar-refractivity contribution in [1.82, 2.24) is 4.98 Å². The summed E-state index contributed by atoms with van der Waals surface area (Å²) in [7, 11) is 0.303. The Morgan fingerprint density at radius 2 is 2.10 bits per heavy atom. The second-order valence-electron chi connectivity index (χ2n) is 4.73. The third-order valence-corrected chi connectivity index (χ3v) is 5.02. The fourth-order valence-corrected chi connectivity index (χ4v) is 3.74. The number of halogens is 1. The molecule has 0 spiro atoms. The van der Waals surface area contributed by atoms with Crippen molar-refractivity contribution in [2.75, 3.05) is 12.8 Å². The van der Waals surface area contributed by atoms with E-state index >= 15 is 0 Å². The fourth-order valence-electron chi connectivity index (χ4n) is 2.11. The Hall–Kier alpha value is -1.59. The third-order valence-electron chi connectivity index (χ3n) is 3.22. The standard InChI is InChI=1S/C15H17ClN2O2S/c1-9-7-18-13(10(2)15(9)20-3)8-21(19)14-6-11(17)4-5-12(14)16/h4-7H,8,17H2,1-3H3. The first-order valence-electron chi connectivity index (χ1n) is 6.36. The van der Waals surface area contributed by atoms with Crippen molar-refractivity contribution in [3.05, 3.63) is 46.2 Å². The van der Waals surface area contributed by atoms with E-state index in [1.807, 2.05) is 13.8 Å². The Labute approximate surface area is 131 Å². The topological polar surface area (TPSA) is 65.2 Å². The zero-order chi connectivity index (χ0) is 15.6. The van der Waals surface area contributed by atoms with Gasteiger partial charge in [0.25, 0.3) is 0 Å². The fraction of sp³-hybridized carbons (Fsp3) is 0.267. The number of nitrogens with two attached hydrogens (primary N) is 1. The molecule has 1 aromatic heterocycles. The second-order valence-corrected chi connectivity index (χ2v) is 6.55. The first kappa shape index (κ1) is 15.8. The van der Waals surface area contributed by atoms with Crippen LogP contribution in [0.4, 0.5) is 5.69 Å². The van der Waals surface area contributed by atoms with Crippen LogP contribution in [-0.4, -0.2) is 16.3 Å². The van der Waals surface area contributed by atoms with Crippen LogP contribution in [0.3, 0.4) is 0 Å². The maximum absolute atomic E-state index is 12.5. The van der Waals surface area contributed by atoms with Crippen molar-refractivity contribution >= 4 is 28.1 Å². The van der Waals surface area contributed by atoms with Crippen molar-refractivity contribution in [2.24, 2.45) is 0 Å². The molecule has 0 amide bonds. The van der Waals surface area contributed by atoms with Gasteiger partial charge in [-0.05, 0) is 32.0 Å². The molecule has 1 unspecified atom stereocenters. The van der Waals surface area contributed by atoms with Crippen LogP contribution in [0, 0.1) is 13.8 Å². The Morgan fingerprint density at radius 1 is 1.38 bits per heavy atom. The Balaban J connectivity index is 2.34. The number of aromatic nitrogens is 1. The maximum atomic E-state index is 12.5. The predicted molar refractivity (Wildman–Crippen MR) is 86.2 cm³/mol. The van der Waals surface area contributed by atoms with Crippen LogP contribution in [0.1, 0.15) is 16.8 Å². The molecule has 1 aromatic carbocycles. The average molecular weight is 325 g/mol. The number of methoxy groups -OCH3 is 1. The zero-order valence-electron chi connectivity index (χ0n) is 12.1. The summed E-state index contributed by atoms with van der Waals surface area (Å²) in [6, 6.07) is 4.97. The molecular formula is C15H17ClN2O2S. The summed E-state index contributed by atoms with van der Waals surface area (Å²) >= 11 is 6.09. The third kappa shape index (κ3) is 3.36. The van der Waals surface area contributed by atoms with Crippen molar-refractivity contribution < 1.29 is 8.95 Å². The van der Waals surface area contributed by atoms with E-state index in [9.17, 15) is 4.21 Å². The minimum absolute atomic E-state index is 0.269. The van der Waals surface area contributed by atoms with Gasteiger partial charge in [-0.3, -0.25) is 9.19 Å². The van der Waals surface area contributed by atoms with Crippen LogP contribution >= 0.6 is 11.6 Å². The molecule has 0 radical (unpaired) electrons. The van der Waals surface area contributed by atoms with Gasteiger partial charge >= 0.3 is 0 Å². The number of aryl methyl sites for hydroxylation is 1. The number of pyridine rings is 1. The van der Waals surface area contributed by atoms with Gasteiger partial charge in [-0.15, -0.1) is 0 Å². The highest BCUT2D eigenvalue weighted by Gasteiger charge is 2.15. The minimum Gasteiger partial charge on any atom is -0.496 e. The van der Waals surface area contributed by atoms with Gasteiger partial charge in [-0.25, -0.2) is 0 Å². The number of nitrogens with zero attached hydrogens (tertiary/aromatic N) is 1. The van der Waals surface area contributed by atoms with Gasteiger partial charge in [0.1, 0.15) is 5.75 Å². The molecule has 0 saturated heterocycles. The Kier molecular flexibility index (Phi) is 4.85. The summed E-state index contributed by atoms with van der Waals surface area (Å²) in [5.74, 6) is 1.04. The van der Waals surface area contributed by atoms with Gasteiger partial charge in [0, 0.05) is 23.0 Å². The molecule has 0 aliphatic heterocycles. The summed E-state index contributed by atoms with van der Waals surface area (Å²) in [6.07, 6.45) is 1.72. The van der Waals surface area contributed by atoms with Crippen LogP contribution in [0.5, 0.6) is 5.75 Å². The summed E-state index contributed by atoms with van der Waals surface area (Å²) < 4.78 is 17.9. The molecule has 2 N–H and O–H groups in total. The van der Waals surface area contributed by atoms with E-state index in [1.54, 1.807) is 31.5 Å². The number of ether oxygens (including phenoxy) is 1. The predicted octanol–water partition coefficient (Wildman–Crippen LogP) is 3.25. The van der Waals surface area contributed by atoms with Gasteiger partial charge in [-0.2, -0.15) is 0 Å². The molecule has 0 saturated carbocycles. The monoisotopic (exact) mass is 324 g/mol. The number of hydrogen-bond acceptors (Lipinski definition) is 4. The smallest absolute Gasteiger partial charge is 0.128 e.